The van der Waals surface area contributed by atoms with E-state index in [0.717, 1.165) is 8.47 Å². The third-order valence-corrected chi connectivity index (χ3v) is 3.52. The number of aliphatic hydroxyl groups is 2. The van der Waals surface area contributed by atoms with Crippen LogP contribution in [0, 0.1) is 3.57 Å². The third kappa shape index (κ3) is 3.64. The van der Waals surface area contributed by atoms with Gasteiger partial charge < -0.3 is 15.9 Å². The number of anilines is 1. The molecule has 0 heterocycles. The van der Waals surface area contributed by atoms with Crippen molar-refractivity contribution in [1.29, 1.82) is 0 Å². The summed E-state index contributed by atoms with van der Waals surface area (Å²) in [5.74, 6) is 0.460. The molecule has 0 saturated heterocycles. The Bertz CT molecular complexity index is 309. The summed E-state index contributed by atoms with van der Waals surface area (Å²) in [4.78, 5) is 0.943. The highest BCUT2D eigenvalue weighted by Gasteiger charge is 2.05. The third-order valence-electron chi connectivity index (χ3n) is 1.61. The van der Waals surface area contributed by atoms with Crippen molar-refractivity contribution in [3.8, 4) is 0 Å². The van der Waals surface area contributed by atoms with Crippen molar-refractivity contribution in [2.24, 2.45) is 0 Å². The molecule has 0 radical (unpaired) electrons. The summed E-state index contributed by atoms with van der Waals surface area (Å²) >= 11 is 3.64. The average molecular weight is 325 g/mol. The molecule has 0 bridgehead atoms. The van der Waals surface area contributed by atoms with Crippen molar-refractivity contribution in [2.75, 3.05) is 18.1 Å². The van der Waals surface area contributed by atoms with Crippen LogP contribution in [0.1, 0.15) is 0 Å². The van der Waals surface area contributed by atoms with E-state index in [-0.39, 0.29) is 6.61 Å². The molecule has 0 aliphatic heterocycles. The molecule has 0 fully saturated rings. The Morgan fingerprint density at radius 3 is 2.79 bits per heavy atom. The molecule has 0 aromatic heterocycles. The normalized spacial score (nSPS) is 12.8. The van der Waals surface area contributed by atoms with Crippen LogP contribution in [0.15, 0.2) is 23.1 Å². The average Bonchev–Trinajstić information content (AvgIpc) is 2.16. The Morgan fingerprint density at radius 2 is 2.21 bits per heavy atom. The van der Waals surface area contributed by atoms with Gasteiger partial charge >= 0.3 is 0 Å². The van der Waals surface area contributed by atoms with E-state index in [1.165, 1.54) is 11.8 Å². The fraction of sp³-hybridized carbons (Fsp3) is 0.333. The summed E-state index contributed by atoms with van der Waals surface area (Å²) in [6.07, 6.45) is -0.682. The van der Waals surface area contributed by atoms with Crippen molar-refractivity contribution < 1.29 is 10.2 Å². The first-order valence-electron chi connectivity index (χ1n) is 4.10. The fourth-order valence-electron chi connectivity index (χ4n) is 0.889. The molecule has 0 aliphatic carbocycles. The van der Waals surface area contributed by atoms with Gasteiger partial charge in [0.25, 0.3) is 0 Å². The lowest BCUT2D eigenvalue weighted by molar-refractivity contribution is 0.113. The first-order chi connectivity index (χ1) is 6.63. The Kier molecular flexibility index (Phi) is 5.00. The van der Waals surface area contributed by atoms with Gasteiger partial charge in [-0.05, 0) is 40.8 Å². The standard InChI is InChI=1S/C9H12INO2S/c10-6-1-2-9(8(11)3-6)14-5-7(13)4-12/h1-3,7,12-13H,4-5,11H2. The zero-order valence-electron chi connectivity index (χ0n) is 7.48. The summed E-state index contributed by atoms with van der Waals surface area (Å²) in [5, 5.41) is 17.8. The molecular formula is C9H12INO2S. The first kappa shape index (κ1) is 12.1. The van der Waals surface area contributed by atoms with Crippen LogP contribution < -0.4 is 5.73 Å². The second-order valence-corrected chi connectivity index (χ2v) is 5.14. The molecule has 1 aromatic rings. The predicted molar refractivity (Wildman–Crippen MR) is 67.4 cm³/mol. The topological polar surface area (TPSA) is 66.5 Å². The molecule has 1 rings (SSSR count). The number of benzene rings is 1. The van der Waals surface area contributed by atoms with Crippen molar-refractivity contribution in [1.82, 2.24) is 0 Å². The van der Waals surface area contributed by atoms with Gasteiger partial charge in [-0.1, -0.05) is 0 Å². The minimum absolute atomic E-state index is 0.211. The number of thioether (sulfide) groups is 1. The number of hydrogen-bond donors (Lipinski definition) is 3. The van der Waals surface area contributed by atoms with Crippen molar-refractivity contribution in [3.05, 3.63) is 21.8 Å². The van der Waals surface area contributed by atoms with E-state index in [1.807, 2.05) is 18.2 Å². The lowest BCUT2D eigenvalue weighted by atomic mass is 10.3. The first-order valence-corrected chi connectivity index (χ1v) is 6.16. The molecule has 1 atom stereocenters. The Labute approximate surface area is 101 Å². The number of rotatable bonds is 4. The summed E-state index contributed by atoms with van der Waals surface area (Å²) in [5.41, 5.74) is 6.49. The fourth-order valence-corrected chi connectivity index (χ4v) is 2.27. The van der Waals surface area contributed by atoms with Crippen LogP contribution in [0.2, 0.25) is 0 Å². The van der Waals surface area contributed by atoms with Gasteiger partial charge in [-0.15, -0.1) is 11.8 Å². The van der Waals surface area contributed by atoms with E-state index < -0.39 is 6.10 Å². The second-order valence-electron chi connectivity index (χ2n) is 2.83. The van der Waals surface area contributed by atoms with Crippen LogP contribution in [0.4, 0.5) is 5.69 Å². The molecule has 0 amide bonds. The van der Waals surface area contributed by atoms with Gasteiger partial charge in [-0.25, -0.2) is 0 Å². The van der Waals surface area contributed by atoms with Crippen LogP contribution in [0.3, 0.4) is 0 Å². The minimum Gasteiger partial charge on any atom is -0.398 e. The summed E-state index contributed by atoms with van der Waals surface area (Å²) < 4.78 is 1.09. The molecule has 14 heavy (non-hydrogen) atoms. The van der Waals surface area contributed by atoms with Gasteiger partial charge in [0.2, 0.25) is 0 Å². The quantitative estimate of drug-likeness (QED) is 0.444. The summed E-state index contributed by atoms with van der Waals surface area (Å²) in [6.45, 7) is -0.211. The van der Waals surface area contributed by atoms with Crippen molar-refractivity contribution in [2.45, 2.75) is 11.0 Å². The molecule has 3 nitrogen and oxygen atoms in total. The van der Waals surface area contributed by atoms with E-state index in [2.05, 4.69) is 22.6 Å². The van der Waals surface area contributed by atoms with Crippen molar-refractivity contribution >= 4 is 40.0 Å². The Morgan fingerprint density at radius 1 is 1.50 bits per heavy atom. The number of halogens is 1. The molecule has 1 unspecified atom stereocenters. The molecule has 0 spiro atoms. The minimum atomic E-state index is -0.682. The van der Waals surface area contributed by atoms with Gasteiger partial charge in [-0.2, -0.15) is 0 Å². The van der Waals surface area contributed by atoms with Gasteiger partial charge in [0.15, 0.2) is 0 Å². The molecule has 0 aliphatic rings. The lowest BCUT2D eigenvalue weighted by Gasteiger charge is -2.08. The number of hydrogen-bond acceptors (Lipinski definition) is 4. The predicted octanol–water partition coefficient (Wildman–Crippen LogP) is 1.32. The van der Waals surface area contributed by atoms with Crippen LogP contribution in [-0.4, -0.2) is 28.7 Å². The Balaban J connectivity index is 2.59. The van der Waals surface area contributed by atoms with Crippen LogP contribution >= 0.6 is 34.4 Å². The van der Waals surface area contributed by atoms with E-state index in [1.54, 1.807) is 0 Å². The molecule has 5 heteroatoms. The van der Waals surface area contributed by atoms with Crippen LogP contribution in [0.25, 0.3) is 0 Å². The van der Waals surface area contributed by atoms with Crippen LogP contribution in [-0.2, 0) is 0 Å². The number of aliphatic hydroxyl groups excluding tert-OH is 2. The number of nitrogens with two attached hydrogens (primary N) is 1. The smallest absolute Gasteiger partial charge is 0.0864 e. The number of nitrogen functional groups attached to an aromatic ring is 1. The molecular weight excluding hydrogens is 313 g/mol. The van der Waals surface area contributed by atoms with Crippen LogP contribution in [0.5, 0.6) is 0 Å². The maximum Gasteiger partial charge on any atom is 0.0864 e. The maximum absolute atomic E-state index is 9.15. The molecule has 4 N–H and O–H groups in total. The Hall–Kier alpha value is 0.0200. The maximum atomic E-state index is 9.15. The van der Waals surface area contributed by atoms with E-state index in [0.29, 0.717) is 11.4 Å². The van der Waals surface area contributed by atoms with E-state index in [9.17, 15) is 0 Å². The van der Waals surface area contributed by atoms with Gasteiger partial charge in [0, 0.05) is 19.9 Å². The van der Waals surface area contributed by atoms with E-state index >= 15 is 0 Å². The van der Waals surface area contributed by atoms with Gasteiger partial charge in [-0.3, -0.25) is 0 Å². The highest BCUT2D eigenvalue weighted by molar-refractivity contribution is 14.1. The largest absolute Gasteiger partial charge is 0.398 e. The van der Waals surface area contributed by atoms with Gasteiger partial charge in [0.1, 0.15) is 0 Å². The second kappa shape index (κ2) is 5.79. The highest BCUT2D eigenvalue weighted by Crippen LogP contribution is 2.26. The van der Waals surface area contributed by atoms with Gasteiger partial charge in [0.05, 0.1) is 12.7 Å². The summed E-state index contributed by atoms with van der Waals surface area (Å²) in [7, 11) is 0. The highest BCUT2D eigenvalue weighted by atomic mass is 127. The molecule has 0 saturated carbocycles. The summed E-state index contributed by atoms with van der Waals surface area (Å²) in [6, 6.07) is 5.77. The monoisotopic (exact) mass is 325 g/mol. The van der Waals surface area contributed by atoms with Crippen molar-refractivity contribution in [3.63, 3.8) is 0 Å². The SMILES string of the molecule is Nc1cc(I)ccc1SCC(O)CO. The molecule has 78 valence electrons. The molecule has 1 aromatic carbocycles. The lowest BCUT2D eigenvalue weighted by Crippen LogP contribution is -2.14. The zero-order valence-corrected chi connectivity index (χ0v) is 10.5. The zero-order chi connectivity index (χ0) is 10.6. The van der Waals surface area contributed by atoms with E-state index in [4.69, 9.17) is 15.9 Å².